The molecule has 2 rings (SSSR count). The third kappa shape index (κ3) is 3.07. The van der Waals surface area contributed by atoms with Gasteiger partial charge in [0.25, 0.3) is 0 Å². The summed E-state index contributed by atoms with van der Waals surface area (Å²) in [5, 5.41) is 9.35. The van der Waals surface area contributed by atoms with Crippen molar-refractivity contribution in [2.45, 2.75) is 58.4 Å². The van der Waals surface area contributed by atoms with Gasteiger partial charge in [-0.05, 0) is 39.5 Å². The molecule has 0 aromatic heterocycles. The summed E-state index contributed by atoms with van der Waals surface area (Å²) in [6.45, 7) is 5.68. The van der Waals surface area contributed by atoms with E-state index in [9.17, 15) is 14.7 Å². The Morgan fingerprint density at radius 3 is 2.60 bits per heavy atom. The highest BCUT2D eigenvalue weighted by molar-refractivity contribution is 5.78. The van der Waals surface area contributed by atoms with Gasteiger partial charge in [-0.2, -0.15) is 0 Å². The summed E-state index contributed by atoms with van der Waals surface area (Å²) in [4.78, 5) is 27.8. The van der Waals surface area contributed by atoms with Crippen LogP contribution in [0.25, 0.3) is 0 Å². The Bertz CT molecular complexity index is 385. The van der Waals surface area contributed by atoms with Gasteiger partial charge in [0.15, 0.2) is 0 Å². The molecule has 1 N–H and O–H groups in total. The molecule has 2 aliphatic heterocycles. The zero-order valence-corrected chi connectivity index (χ0v) is 12.6. The molecule has 0 aromatic carbocycles. The summed E-state index contributed by atoms with van der Waals surface area (Å²) in [5.41, 5.74) is -0.789. The number of amides is 2. The van der Waals surface area contributed by atoms with E-state index in [0.29, 0.717) is 19.5 Å². The lowest BCUT2D eigenvalue weighted by Gasteiger charge is -2.41. The molecule has 2 atom stereocenters. The fraction of sp³-hybridized carbons (Fsp3) is 0.867. The predicted octanol–water partition coefficient (Wildman–Crippen LogP) is 2.56. The van der Waals surface area contributed by atoms with Crippen LogP contribution >= 0.6 is 0 Å². The van der Waals surface area contributed by atoms with Gasteiger partial charge in [0.05, 0.1) is 5.41 Å². The number of hydrogen-bond donors (Lipinski definition) is 1. The molecule has 2 saturated heterocycles. The smallest absolute Gasteiger partial charge is 0.320 e. The van der Waals surface area contributed by atoms with Crippen molar-refractivity contribution >= 4 is 12.0 Å². The Balaban J connectivity index is 2.06. The SMILES string of the molecule is CC1CCCCCN1C(=O)N1CCCC(C)(C(=O)O)C1. The molecular formula is C15H26N2O3. The lowest BCUT2D eigenvalue weighted by molar-refractivity contribution is -0.150. The van der Waals surface area contributed by atoms with Gasteiger partial charge in [0, 0.05) is 25.7 Å². The van der Waals surface area contributed by atoms with E-state index >= 15 is 0 Å². The summed E-state index contributed by atoms with van der Waals surface area (Å²) in [6, 6.07) is 0.301. The summed E-state index contributed by atoms with van der Waals surface area (Å²) in [7, 11) is 0. The molecule has 5 heteroatoms. The second kappa shape index (κ2) is 6.02. The number of aliphatic carboxylic acids is 1. The molecule has 0 aromatic rings. The minimum Gasteiger partial charge on any atom is -0.481 e. The van der Waals surface area contributed by atoms with Crippen molar-refractivity contribution in [2.24, 2.45) is 5.41 Å². The summed E-state index contributed by atoms with van der Waals surface area (Å²) in [6.07, 6.45) is 5.90. The highest BCUT2D eigenvalue weighted by Crippen LogP contribution is 2.31. The zero-order valence-electron chi connectivity index (χ0n) is 12.6. The molecular weight excluding hydrogens is 256 g/mol. The summed E-state index contributed by atoms with van der Waals surface area (Å²) >= 11 is 0. The minimum atomic E-state index is -0.793. The molecule has 2 heterocycles. The average Bonchev–Trinajstić information content (AvgIpc) is 2.62. The van der Waals surface area contributed by atoms with Crippen LogP contribution in [0.3, 0.4) is 0 Å². The van der Waals surface area contributed by atoms with E-state index in [1.165, 1.54) is 12.8 Å². The van der Waals surface area contributed by atoms with Crippen molar-refractivity contribution in [1.82, 2.24) is 9.80 Å². The number of nitrogens with zero attached hydrogens (tertiary/aromatic N) is 2. The van der Waals surface area contributed by atoms with Crippen molar-refractivity contribution in [3.8, 4) is 0 Å². The lowest BCUT2D eigenvalue weighted by Crippen LogP contribution is -2.54. The van der Waals surface area contributed by atoms with Crippen LogP contribution in [0.1, 0.15) is 52.4 Å². The number of carbonyl (C=O) groups excluding carboxylic acids is 1. The number of carboxylic acids is 1. The molecule has 0 aliphatic carbocycles. The van der Waals surface area contributed by atoms with E-state index < -0.39 is 11.4 Å². The van der Waals surface area contributed by atoms with Crippen molar-refractivity contribution in [2.75, 3.05) is 19.6 Å². The van der Waals surface area contributed by atoms with E-state index in [1.807, 2.05) is 4.90 Å². The molecule has 114 valence electrons. The van der Waals surface area contributed by atoms with Gasteiger partial charge in [0.1, 0.15) is 0 Å². The van der Waals surface area contributed by atoms with Crippen molar-refractivity contribution in [3.05, 3.63) is 0 Å². The first-order valence-electron chi connectivity index (χ1n) is 7.73. The molecule has 5 nitrogen and oxygen atoms in total. The Hall–Kier alpha value is -1.26. The highest BCUT2D eigenvalue weighted by atomic mass is 16.4. The number of rotatable bonds is 1. The lowest BCUT2D eigenvalue weighted by atomic mass is 9.82. The van der Waals surface area contributed by atoms with Crippen LogP contribution in [-0.4, -0.2) is 52.6 Å². The van der Waals surface area contributed by atoms with Crippen LogP contribution in [0.2, 0.25) is 0 Å². The van der Waals surface area contributed by atoms with Crippen LogP contribution in [0.15, 0.2) is 0 Å². The van der Waals surface area contributed by atoms with Crippen molar-refractivity contribution in [3.63, 3.8) is 0 Å². The molecule has 20 heavy (non-hydrogen) atoms. The maximum absolute atomic E-state index is 12.7. The Morgan fingerprint density at radius 2 is 1.90 bits per heavy atom. The van der Waals surface area contributed by atoms with E-state index in [0.717, 1.165) is 25.8 Å². The quantitative estimate of drug-likeness (QED) is 0.804. The number of piperidine rings is 1. The normalized spacial score (nSPS) is 31.8. The second-order valence-electron chi connectivity index (χ2n) is 6.57. The van der Waals surface area contributed by atoms with Gasteiger partial charge in [-0.15, -0.1) is 0 Å². The first-order chi connectivity index (χ1) is 9.44. The van der Waals surface area contributed by atoms with Gasteiger partial charge >= 0.3 is 12.0 Å². The number of hydrogen-bond acceptors (Lipinski definition) is 2. The van der Waals surface area contributed by atoms with Gasteiger partial charge < -0.3 is 14.9 Å². The topological polar surface area (TPSA) is 60.9 Å². The zero-order chi connectivity index (χ0) is 14.8. The van der Waals surface area contributed by atoms with Gasteiger partial charge in [-0.1, -0.05) is 12.8 Å². The largest absolute Gasteiger partial charge is 0.481 e. The molecule has 2 unspecified atom stereocenters. The van der Waals surface area contributed by atoms with E-state index in [1.54, 1.807) is 11.8 Å². The molecule has 2 aliphatic rings. The van der Waals surface area contributed by atoms with Crippen LogP contribution in [0.5, 0.6) is 0 Å². The average molecular weight is 282 g/mol. The minimum absolute atomic E-state index is 0.0339. The molecule has 0 bridgehead atoms. The van der Waals surface area contributed by atoms with Crippen molar-refractivity contribution in [1.29, 1.82) is 0 Å². The monoisotopic (exact) mass is 282 g/mol. The molecule has 0 spiro atoms. The molecule has 0 saturated carbocycles. The third-order valence-electron chi connectivity index (χ3n) is 4.78. The van der Waals surface area contributed by atoms with Crippen molar-refractivity contribution < 1.29 is 14.7 Å². The van der Waals surface area contributed by atoms with Gasteiger partial charge in [-0.25, -0.2) is 4.79 Å². The number of urea groups is 1. The van der Waals surface area contributed by atoms with Crippen LogP contribution in [0.4, 0.5) is 4.79 Å². The molecule has 2 amide bonds. The fourth-order valence-electron chi connectivity index (χ4n) is 3.32. The number of likely N-dealkylation sites (tertiary alicyclic amines) is 2. The van der Waals surface area contributed by atoms with Crippen LogP contribution < -0.4 is 0 Å². The van der Waals surface area contributed by atoms with E-state index in [4.69, 9.17) is 0 Å². The summed E-state index contributed by atoms with van der Waals surface area (Å²) < 4.78 is 0. The Kier molecular flexibility index (Phi) is 4.55. The van der Waals surface area contributed by atoms with Gasteiger partial charge in [-0.3, -0.25) is 4.79 Å². The van der Waals surface area contributed by atoms with E-state index in [2.05, 4.69) is 6.92 Å². The Labute approximate surface area is 120 Å². The maximum atomic E-state index is 12.7. The highest BCUT2D eigenvalue weighted by Gasteiger charge is 2.40. The number of carboxylic acid groups (broad SMARTS) is 1. The fourth-order valence-corrected chi connectivity index (χ4v) is 3.32. The first kappa shape index (κ1) is 15.1. The standard InChI is InChI=1S/C15H26N2O3/c1-12-7-4-3-5-10-17(12)14(20)16-9-6-8-15(2,11-16)13(18)19/h12H,3-11H2,1-2H3,(H,18,19). The molecule has 0 radical (unpaired) electrons. The third-order valence-corrected chi connectivity index (χ3v) is 4.78. The predicted molar refractivity (Wildman–Crippen MR) is 76.6 cm³/mol. The number of carbonyl (C=O) groups is 2. The summed E-state index contributed by atoms with van der Waals surface area (Å²) in [5.74, 6) is -0.793. The maximum Gasteiger partial charge on any atom is 0.320 e. The van der Waals surface area contributed by atoms with Gasteiger partial charge in [0.2, 0.25) is 0 Å². The van der Waals surface area contributed by atoms with Crippen LogP contribution in [-0.2, 0) is 4.79 Å². The Morgan fingerprint density at radius 1 is 1.15 bits per heavy atom. The van der Waals surface area contributed by atoms with E-state index in [-0.39, 0.29) is 12.1 Å². The second-order valence-corrected chi connectivity index (χ2v) is 6.57. The van der Waals surface area contributed by atoms with Crippen LogP contribution in [0, 0.1) is 5.41 Å². The first-order valence-corrected chi connectivity index (χ1v) is 7.73. The molecule has 2 fully saturated rings.